The summed E-state index contributed by atoms with van der Waals surface area (Å²) in [4.78, 5) is 14.6. The largest absolute Gasteiger partial charge is 0.484 e. The van der Waals surface area contributed by atoms with Crippen LogP contribution in [0.25, 0.3) is 6.08 Å². The summed E-state index contributed by atoms with van der Waals surface area (Å²) in [6.45, 7) is 2.37. The van der Waals surface area contributed by atoms with Crippen LogP contribution in [0.5, 0.6) is 11.5 Å². The van der Waals surface area contributed by atoms with E-state index in [2.05, 4.69) is 5.92 Å². The second-order valence-electron chi connectivity index (χ2n) is 5.67. The lowest BCUT2D eigenvalue weighted by Gasteiger charge is -2.29. The Morgan fingerprint density at radius 2 is 2.19 bits per heavy atom. The van der Waals surface area contributed by atoms with Crippen molar-refractivity contribution in [3.63, 3.8) is 0 Å². The molecule has 0 fully saturated rings. The van der Waals surface area contributed by atoms with Crippen molar-refractivity contribution in [3.8, 4) is 23.8 Å². The fraction of sp³-hybridized carbons (Fsp3) is 0.143. The molecule has 1 aliphatic rings. The van der Waals surface area contributed by atoms with Gasteiger partial charge in [-0.1, -0.05) is 36.3 Å². The lowest BCUT2D eigenvalue weighted by atomic mass is 10.1. The van der Waals surface area contributed by atoms with E-state index in [1.54, 1.807) is 6.08 Å². The molecule has 130 valence electrons. The first-order chi connectivity index (χ1) is 12.6. The molecule has 0 saturated heterocycles. The fourth-order valence-corrected chi connectivity index (χ4v) is 2.89. The molecule has 0 radical (unpaired) electrons. The quantitative estimate of drug-likeness (QED) is 0.471. The molecule has 26 heavy (non-hydrogen) atoms. The maximum Gasteiger partial charge on any atom is 0.256 e. The first-order valence-electron chi connectivity index (χ1n) is 8.04. The van der Waals surface area contributed by atoms with Gasteiger partial charge in [0.05, 0.1) is 5.69 Å². The Bertz CT molecular complexity index is 927. The summed E-state index contributed by atoms with van der Waals surface area (Å²) in [5.41, 5.74) is 2.49. The lowest BCUT2D eigenvalue weighted by molar-refractivity contribution is -0.113. The molecule has 1 heterocycles. The zero-order valence-electron chi connectivity index (χ0n) is 14.3. The van der Waals surface area contributed by atoms with Gasteiger partial charge in [-0.15, -0.1) is 6.42 Å². The third kappa shape index (κ3) is 3.76. The summed E-state index contributed by atoms with van der Waals surface area (Å²) in [5, 5.41) is 0. The molecule has 0 saturated carbocycles. The summed E-state index contributed by atoms with van der Waals surface area (Å²) in [5.74, 6) is 3.60. The minimum absolute atomic E-state index is 0.212. The zero-order chi connectivity index (χ0) is 18.5. The number of carbonyl (C=O) groups excluding carboxylic acids is 1. The highest BCUT2D eigenvalue weighted by Gasteiger charge is 2.26. The summed E-state index contributed by atoms with van der Waals surface area (Å²) in [6, 6.07) is 13.0. The number of terminal acetylenes is 1. The van der Waals surface area contributed by atoms with Crippen molar-refractivity contribution in [2.75, 3.05) is 18.1 Å². The fourth-order valence-electron chi connectivity index (χ4n) is 2.64. The maximum absolute atomic E-state index is 12.7. The van der Waals surface area contributed by atoms with Gasteiger partial charge in [0.2, 0.25) is 0 Å². The van der Waals surface area contributed by atoms with E-state index in [0.29, 0.717) is 16.4 Å². The number of fused-ring (bicyclic) bond motifs is 1. The van der Waals surface area contributed by atoms with Crippen LogP contribution >= 0.6 is 12.2 Å². The standard InChI is InChI=1S/C21H17NO3S/c1-3-12-24-18-10-8-16(13-15(18)2)9-11-20(23)22-17-6-4-5-7-19(17)25-14-21(22)26/h1,4-11,13H,12,14H2,2H3/b11-9+. The summed E-state index contributed by atoms with van der Waals surface area (Å²) in [7, 11) is 0. The van der Waals surface area contributed by atoms with E-state index < -0.39 is 0 Å². The smallest absolute Gasteiger partial charge is 0.256 e. The average molecular weight is 363 g/mol. The van der Waals surface area contributed by atoms with E-state index in [4.69, 9.17) is 28.1 Å². The van der Waals surface area contributed by atoms with Crippen LogP contribution in [0.15, 0.2) is 48.5 Å². The Labute approximate surface area is 158 Å². The van der Waals surface area contributed by atoms with Crippen molar-refractivity contribution in [1.82, 2.24) is 0 Å². The molecule has 2 aromatic rings. The molecule has 0 aliphatic carbocycles. The number of aryl methyl sites for hydroxylation is 1. The van der Waals surface area contributed by atoms with Gasteiger partial charge in [-0.2, -0.15) is 0 Å². The van der Waals surface area contributed by atoms with Gasteiger partial charge in [0.1, 0.15) is 29.7 Å². The number of amides is 1. The Morgan fingerprint density at radius 3 is 2.96 bits per heavy atom. The Morgan fingerprint density at radius 1 is 1.38 bits per heavy atom. The van der Waals surface area contributed by atoms with Crippen molar-refractivity contribution in [2.24, 2.45) is 0 Å². The first-order valence-corrected chi connectivity index (χ1v) is 8.44. The highest BCUT2D eigenvalue weighted by Crippen LogP contribution is 2.32. The molecule has 5 heteroatoms. The van der Waals surface area contributed by atoms with Crippen molar-refractivity contribution < 1.29 is 14.3 Å². The Hall–Kier alpha value is -3.10. The molecule has 1 aliphatic heterocycles. The topological polar surface area (TPSA) is 38.8 Å². The van der Waals surface area contributed by atoms with E-state index >= 15 is 0 Å². The number of hydrogen-bond acceptors (Lipinski definition) is 4. The monoisotopic (exact) mass is 363 g/mol. The predicted molar refractivity (Wildman–Crippen MR) is 107 cm³/mol. The third-order valence-corrected chi connectivity index (χ3v) is 4.16. The molecule has 0 spiro atoms. The molecule has 0 aromatic heterocycles. The molecule has 3 rings (SSSR count). The van der Waals surface area contributed by atoms with Gasteiger partial charge in [-0.3, -0.25) is 9.69 Å². The summed E-state index contributed by atoms with van der Waals surface area (Å²) < 4.78 is 11.0. The van der Waals surface area contributed by atoms with Crippen molar-refractivity contribution >= 4 is 34.9 Å². The second kappa shape index (κ2) is 7.85. The molecule has 0 atom stereocenters. The minimum Gasteiger partial charge on any atom is -0.484 e. The van der Waals surface area contributed by atoms with Crippen LogP contribution < -0.4 is 14.4 Å². The van der Waals surface area contributed by atoms with Crippen LogP contribution in [0.3, 0.4) is 0 Å². The molecule has 0 bridgehead atoms. The number of hydrogen-bond donors (Lipinski definition) is 0. The number of nitrogens with zero attached hydrogens (tertiary/aromatic N) is 1. The van der Waals surface area contributed by atoms with Gasteiger partial charge < -0.3 is 9.47 Å². The Balaban J connectivity index is 1.79. The van der Waals surface area contributed by atoms with Crippen LogP contribution in [0, 0.1) is 19.3 Å². The van der Waals surface area contributed by atoms with Crippen molar-refractivity contribution in [1.29, 1.82) is 0 Å². The third-order valence-electron chi connectivity index (χ3n) is 3.86. The average Bonchev–Trinajstić information content (AvgIpc) is 2.65. The van der Waals surface area contributed by atoms with E-state index in [9.17, 15) is 4.79 Å². The van der Waals surface area contributed by atoms with E-state index in [1.807, 2.05) is 49.4 Å². The SMILES string of the molecule is C#CCOc1ccc(/C=C/C(=O)N2C(=S)COc3ccccc32)cc1C. The normalized spacial score (nSPS) is 13.1. The van der Waals surface area contributed by atoms with E-state index in [-0.39, 0.29) is 19.1 Å². The number of thiocarbonyl (C=S) groups is 1. The molecule has 0 N–H and O–H groups in total. The van der Waals surface area contributed by atoms with E-state index in [1.165, 1.54) is 11.0 Å². The number of anilines is 1. The molecule has 0 unspecified atom stereocenters. The molecule has 2 aromatic carbocycles. The number of para-hydroxylation sites is 2. The molecular weight excluding hydrogens is 346 g/mol. The maximum atomic E-state index is 12.7. The molecule has 4 nitrogen and oxygen atoms in total. The zero-order valence-corrected chi connectivity index (χ0v) is 15.1. The Kier molecular flexibility index (Phi) is 5.35. The van der Waals surface area contributed by atoms with Crippen LogP contribution in [-0.4, -0.2) is 24.1 Å². The van der Waals surface area contributed by atoms with Gasteiger partial charge in [-0.05, 0) is 48.4 Å². The van der Waals surface area contributed by atoms with Crippen LogP contribution in [0.4, 0.5) is 5.69 Å². The van der Waals surface area contributed by atoms with Crippen molar-refractivity contribution in [3.05, 3.63) is 59.7 Å². The van der Waals surface area contributed by atoms with Gasteiger partial charge >= 0.3 is 0 Å². The molecular formula is C21H17NO3S. The number of rotatable bonds is 4. The number of ether oxygens (including phenoxy) is 2. The lowest BCUT2D eigenvalue weighted by Crippen LogP contribution is -2.41. The van der Waals surface area contributed by atoms with Crippen LogP contribution in [0.1, 0.15) is 11.1 Å². The summed E-state index contributed by atoms with van der Waals surface area (Å²) >= 11 is 5.30. The van der Waals surface area contributed by atoms with Gasteiger partial charge in [0.25, 0.3) is 5.91 Å². The number of benzene rings is 2. The first kappa shape index (κ1) is 17.7. The second-order valence-corrected chi connectivity index (χ2v) is 6.15. The highest BCUT2D eigenvalue weighted by molar-refractivity contribution is 7.80. The van der Waals surface area contributed by atoms with Crippen LogP contribution in [0.2, 0.25) is 0 Å². The van der Waals surface area contributed by atoms with Gasteiger partial charge in [-0.25, -0.2) is 0 Å². The van der Waals surface area contributed by atoms with Gasteiger partial charge in [0, 0.05) is 6.08 Å². The van der Waals surface area contributed by atoms with Gasteiger partial charge in [0.15, 0.2) is 0 Å². The minimum atomic E-state index is -0.212. The predicted octanol–water partition coefficient (Wildman–Crippen LogP) is 3.77. The van der Waals surface area contributed by atoms with Crippen LogP contribution in [-0.2, 0) is 4.79 Å². The number of carbonyl (C=O) groups is 1. The summed E-state index contributed by atoms with van der Waals surface area (Å²) in [6.07, 6.45) is 8.46. The van der Waals surface area contributed by atoms with Crippen molar-refractivity contribution in [2.45, 2.75) is 6.92 Å². The molecule has 1 amide bonds. The van der Waals surface area contributed by atoms with E-state index in [0.717, 1.165) is 16.9 Å². The highest BCUT2D eigenvalue weighted by atomic mass is 32.1.